The van der Waals surface area contributed by atoms with Crippen molar-refractivity contribution in [1.29, 1.82) is 0 Å². The van der Waals surface area contributed by atoms with Crippen molar-refractivity contribution in [1.82, 2.24) is 0 Å². The number of amides is 1. The molecule has 1 heterocycles. The first kappa shape index (κ1) is 14.7. The summed E-state index contributed by atoms with van der Waals surface area (Å²) in [5.41, 5.74) is 1.09. The number of hydrogen-bond donors (Lipinski definition) is 1. The van der Waals surface area contributed by atoms with Crippen molar-refractivity contribution >= 4 is 27.2 Å². The summed E-state index contributed by atoms with van der Waals surface area (Å²) in [5.74, 6) is -0.120. The van der Waals surface area contributed by atoms with E-state index in [-0.39, 0.29) is 35.5 Å². The maximum Gasteiger partial charge on any atom is 0.224 e. The van der Waals surface area contributed by atoms with E-state index in [2.05, 4.69) is 5.32 Å². The van der Waals surface area contributed by atoms with Crippen LogP contribution in [0.15, 0.2) is 24.3 Å². The maximum atomic E-state index is 11.9. The third-order valence-corrected chi connectivity index (χ3v) is 5.19. The zero-order valence-electron chi connectivity index (χ0n) is 11.3. The number of carbonyl (C=O) groups is 2. The average molecular weight is 295 g/mol. The van der Waals surface area contributed by atoms with Crippen LogP contribution in [0.25, 0.3) is 0 Å². The number of benzene rings is 1. The number of carbonyl (C=O) groups excluding carboxylic acids is 2. The molecular weight excluding hydrogens is 278 g/mol. The van der Waals surface area contributed by atoms with Crippen molar-refractivity contribution < 1.29 is 18.0 Å². The quantitative estimate of drug-likeness (QED) is 0.857. The number of Topliss-reactive ketones (excluding diaryl/α,β-unsaturated/α-hetero) is 1. The second-order valence-corrected chi connectivity index (χ2v) is 7.39. The maximum absolute atomic E-state index is 11.9. The van der Waals surface area contributed by atoms with Gasteiger partial charge in [0.1, 0.15) is 0 Å². The van der Waals surface area contributed by atoms with E-state index in [0.29, 0.717) is 17.7 Å². The van der Waals surface area contributed by atoms with Gasteiger partial charge in [0.15, 0.2) is 15.6 Å². The minimum atomic E-state index is -2.96. The number of anilines is 1. The Labute approximate surface area is 118 Å². The predicted molar refractivity (Wildman–Crippen MR) is 76.5 cm³/mol. The Hall–Kier alpha value is -1.69. The lowest BCUT2D eigenvalue weighted by Crippen LogP contribution is -2.17. The summed E-state index contributed by atoms with van der Waals surface area (Å²) in [6.07, 6.45) is 0.743. The first-order valence-electron chi connectivity index (χ1n) is 6.47. The molecule has 1 aromatic carbocycles. The van der Waals surface area contributed by atoms with E-state index in [1.54, 1.807) is 24.3 Å². The highest BCUT2D eigenvalue weighted by molar-refractivity contribution is 7.91. The van der Waals surface area contributed by atoms with Gasteiger partial charge in [-0.3, -0.25) is 9.59 Å². The molecule has 1 unspecified atom stereocenters. The third-order valence-electron chi connectivity index (χ3n) is 3.35. The van der Waals surface area contributed by atoms with Gasteiger partial charge in [0.2, 0.25) is 5.91 Å². The normalized spacial score (nSPS) is 20.6. The van der Waals surface area contributed by atoms with Crippen molar-refractivity contribution in [3.05, 3.63) is 29.8 Å². The minimum Gasteiger partial charge on any atom is -0.326 e. The van der Waals surface area contributed by atoms with Gasteiger partial charge in [0.05, 0.1) is 11.5 Å². The van der Waals surface area contributed by atoms with Crippen molar-refractivity contribution in [3.63, 3.8) is 0 Å². The standard InChI is InChI=1S/C14H17NO4S/c1-10(16)12-3-2-4-13(8-12)15-14(17)7-11-5-6-20(18,19)9-11/h2-4,8,11H,5-7,9H2,1H3,(H,15,17). The SMILES string of the molecule is CC(=O)c1cccc(NC(=O)CC2CCS(=O)(=O)C2)c1. The number of nitrogens with one attached hydrogen (secondary N) is 1. The molecule has 1 atom stereocenters. The first-order valence-corrected chi connectivity index (χ1v) is 8.29. The van der Waals surface area contributed by atoms with Crippen LogP contribution >= 0.6 is 0 Å². The molecule has 1 aliphatic heterocycles. The van der Waals surface area contributed by atoms with Gasteiger partial charge in [0, 0.05) is 17.7 Å². The van der Waals surface area contributed by atoms with Crippen LogP contribution in [0.5, 0.6) is 0 Å². The summed E-state index contributed by atoms with van der Waals surface area (Å²) < 4.78 is 22.7. The lowest BCUT2D eigenvalue weighted by molar-refractivity contribution is -0.116. The zero-order valence-corrected chi connectivity index (χ0v) is 12.1. The van der Waals surface area contributed by atoms with E-state index in [9.17, 15) is 18.0 Å². The van der Waals surface area contributed by atoms with Gasteiger partial charge in [-0.1, -0.05) is 12.1 Å². The Kier molecular flexibility index (Phi) is 4.23. The summed E-state index contributed by atoms with van der Waals surface area (Å²) in [6, 6.07) is 6.70. The van der Waals surface area contributed by atoms with Crippen LogP contribution < -0.4 is 5.32 Å². The second kappa shape index (κ2) is 5.75. The van der Waals surface area contributed by atoms with Crippen LogP contribution in [0.1, 0.15) is 30.1 Å². The fourth-order valence-corrected chi connectivity index (χ4v) is 4.19. The average Bonchev–Trinajstić information content (AvgIpc) is 2.68. The summed E-state index contributed by atoms with van der Waals surface area (Å²) in [4.78, 5) is 23.1. The summed E-state index contributed by atoms with van der Waals surface area (Å²) >= 11 is 0. The highest BCUT2D eigenvalue weighted by Gasteiger charge is 2.29. The molecule has 0 aromatic heterocycles. The van der Waals surface area contributed by atoms with Gasteiger partial charge in [0.25, 0.3) is 0 Å². The van der Waals surface area contributed by atoms with Crippen molar-refractivity contribution in [2.45, 2.75) is 19.8 Å². The Morgan fingerprint density at radius 3 is 2.70 bits per heavy atom. The molecule has 0 radical (unpaired) electrons. The molecule has 2 rings (SSSR count). The Morgan fingerprint density at radius 1 is 1.35 bits per heavy atom. The van der Waals surface area contributed by atoms with Crippen LogP contribution in [0.3, 0.4) is 0 Å². The second-order valence-electron chi connectivity index (χ2n) is 5.16. The van der Waals surface area contributed by atoms with E-state index in [4.69, 9.17) is 0 Å². The smallest absolute Gasteiger partial charge is 0.224 e. The van der Waals surface area contributed by atoms with E-state index in [1.165, 1.54) is 6.92 Å². The van der Waals surface area contributed by atoms with Gasteiger partial charge in [-0.25, -0.2) is 8.42 Å². The first-order chi connectivity index (χ1) is 9.35. The Bertz CT molecular complexity index is 636. The van der Waals surface area contributed by atoms with Gasteiger partial charge in [-0.2, -0.15) is 0 Å². The molecule has 1 amide bonds. The summed E-state index contributed by atoms with van der Waals surface area (Å²) in [5, 5.41) is 2.71. The highest BCUT2D eigenvalue weighted by atomic mass is 32.2. The van der Waals surface area contributed by atoms with E-state index >= 15 is 0 Å². The molecule has 0 aliphatic carbocycles. The van der Waals surface area contributed by atoms with Crippen LogP contribution in [0, 0.1) is 5.92 Å². The molecule has 1 aromatic rings. The topological polar surface area (TPSA) is 80.3 Å². The molecule has 0 spiro atoms. The monoisotopic (exact) mass is 295 g/mol. The molecule has 1 aliphatic rings. The number of hydrogen-bond acceptors (Lipinski definition) is 4. The van der Waals surface area contributed by atoms with Crippen molar-refractivity contribution in [2.24, 2.45) is 5.92 Å². The summed E-state index contributed by atoms with van der Waals surface area (Å²) in [7, 11) is -2.96. The largest absolute Gasteiger partial charge is 0.326 e. The molecule has 108 valence electrons. The number of ketones is 1. The van der Waals surface area contributed by atoms with Crippen LogP contribution in [-0.4, -0.2) is 31.6 Å². The molecule has 0 saturated carbocycles. The molecule has 5 nitrogen and oxygen atoms in total. The number of sulfone groups is 1. The number of rotatable bonds is 4. The van der Waals surface area contributed by atoms with Crippen LogP contribution in [0.4, 0.5) is 5.69 Å². The molecule has 1 fully saturated rings. The highest BCUT2D eigenvalue weighted by Crippen LogP contribution is 2.22. The molecule has 1 N–H and O–H groups in total. The molecule has 6 heteroatoms. The third kappa shape index (κ3) is 3.90. The molecule has 0 bridgehead atoms. The van der Waals surface area contributed by atoms with E-state index < -0.39 is 9.84 Å². The molecule has 20 heavy (non-hydrogen) atoms. The lowest BCUT2D eigenvalue weighted by Gasteiger charge is -2.09. The Balaban J connectivity index is 1.95. The van der Waals surface area contributed by atoms with Crippen molar-refractivity contribution in [2.75, 3.05) is 16.8 Å². The lowest BCUT2D eigenvalue weighted by atomic mass is 10.0. The van der Waals surface area contributed by atoms with Gasteiger partial charge in [-0.05, 0) is 31.4 Å². The van der Waals surface area contributed by atoms with E-state index in [1.807, 2.05) is 0 Å². The van der Waals surface area contributed by atoms with E-state index in [0.717, 1.165) is 0 Å². The zero-order chi connectivity index (χ0) is 14.8. The fraction of sp³-hybridized carbons (Fsp3) is 0.429. The van der Waals surface area contributed by atoms with Gasteiger partial charge in [-0.15, -0.1) is 0 Å². The molecular formula is C14H17NO4S. The van der Waals surface area contributed by atoms with Gasteiger partial charge < -0.3 is 5.32 Å². The van der Waals surface area contributed by atoms with Crippen molar-refractivity contribution in [3.8, 4) is 0 Å². The van der Waals surface area contributed by atoms with Crippen LogP contribution in [0.2, 0.25) is 0 Å². The molecule has 1 saturated heterocycles. The van der Waals surface area contributed by atoms with Crippen LogP contribution in [-0.2, 0) is 14.6 Å². The fourth-order valence-electron chi connectivity index (χ4n) is 2.32. The van der Waals surface area contributed by atoms with Gasteiger partial charge >= 0.3 is 0 Å². The predicted octanol–water partition coefficient (Wildman–Crippen LogP) is 1.65. The minimum absolute atomic E-state index is 0.0667. The summed E-state index contributed by atoms with van der Waals surface area (Å²) in [6.45, 7) is 1.46. The Morgan fingerprint density at radius 2 is 2.10 bits per heavy atom.